The molecule has 0 atom stereocenters. The summed E-state index contributed by atoms with van der Waals surface area (Å²) in [5.74, 6) is 1.23. The highest BCUT2D eigenvalue weighted by Crippen LogP contribution is 2.26. The summed E-state index contributed by atoms with van der Waals surface area (Å²) in [4.78, 5) is 28.1. The summed E-state index contributed by atoms with van der Waals surface area (Å²) in [5, 5.41) is 2.74. The summed E-state index contributed by atoms with van der Waals surface area (Å²) in [7, 11) is 0. The second-order valence-electron chi connectivity index (χ2n) is 6.38. The Labute approximate surface area is 146 Å². The molecule has 0 saturated heterocycles. The van der Waals surface area contributed by atoms with Gasteiger partial charge in [0.1, 0.15) is 6.54 Å². The standard InChI is InChI=1S/C19H23N3O3/c23-17(13-22-12-5-4-10-18(22)24)21-19-16(9-6-11-20-19)25-14-15-7-2-1-3-8-15/h4-6,9-12,15H,1-3,7-8,13-14H2,(H,20,21,23). The number of rotatable bonds is 6. The Kier molecular flexibility index (Phi) is 5.82. The largest absolute Gasteiger partial charge is 0.489 e. The summed E-state index contributed by atoms with van der Waals surface area (Å²) in [6.45, 7) is 0.588. The molecule has 1 amide bonds. The highest BCUT2D eigenvalue weighted by molar-refractivity contribution is 5.90. The minimum atomic E-state index is -0.311. The van der Waals surface area contributed by atoms with Crippen LogP contribution in [0.15, 0.2) is 47.5 Å². The van der Waals surface area contributed by atoms with E-state index in [1.165, 1.54) is 42.7 Å². The van der Waals surface area contributed by atoms with Crippen molar-refractivity contribution in [3.8, 4) is 5.75 Å². The van der Waals surface area contributed by atoms with E-state index in [-0.39, 0.29) is 18.0 Å². The maximum Gasteiger partial charge on any atom is 0.250 e. The van der Waals surface area contributed by atoms with Crippen LogP contribution in [0, 0.1) is 5.92 Å². The zero-order chi connectivity index (χ0) is 17.5. The maximum absolute atomic E-state index is 12.2. The molecule has 132 valence electrons. The van der Waals surface area contributed by atoms with Gasteiger partial charge in [0.25, 0.3) is 5.56 Å². The van der Waals surface area contributed by atoms with Crippen LogP contribution < -0.4 is 15.6 Å². The molecule has 0 aliphatic heterocycles. The van der Waals surface area contributed by atoms with Crippen LogP contribution >= 0.6 is 0 Å². The molecule has 2 aromatic rings. The zero-order valence-corrected chi connectivity index (χ0v) is 14.2. The lowest BCUT2D eigenvalue weighted by molar-refractivity contribution is -0.116. The number of ether oxygens (including phenoxy) is 1. The van der Waals surface area contributed by atoms with Gasteiger partial charge in [-0.15, -0.1) is 0 Å². The normalized spacial score (nSPS) is 14.9. The molecule has 0 spiro atoms. The van der Waals surface area contributed by atoms with Crippen LogP contribution in [0.2, 0.25) is 0 Å². The Hall–Kier alpha value is -2.63. The van der Waals surface area contributed by atoms with E-state index in [4.69, 9.17) is 4.74 Å². The molecule has 6 nitrogen and oxygen atoms in total. The molecule has 25 heavy (non-hydrogen) atoms. The molecule has 6 heteroatoms. The summed E-state index contributed by atoms with van der Waals surface area (Å²) >= 11 is 0. The molecule has 1 aliphatic rings. The Morgan fingerprint density at radius 1 is 1.20 bits per heavy atom. The number of carbonyl (C=O) groups is 1. The van der Waals surface area contributed by atoms with Crippen LogP contribution in [0.1, 0.15) is 32.1 Å². The lowest BCUT2D eigenvalue weighted by atomic mass is 9.90. The van der Waals surface area contributed by atoms with Gasteiger partial charge < -0.3 is 14.6 Å². The number of pyridine rings is 2. The molecule has 2 aromatic heterocycles. The minimum Gasteiger partial charge on any atom is -0.489 e. The first-order chi connectivity index (χ1) is 12.2. The molecule has 0 bridgehead atoms. The van der Waals surface area contributed by atoms with Gasteiger partial charge in [0.05, 0.1) is 6.61 Å². The van der Waals surface area contributed by atoms with Gasteiger partial charge in [-0.05, 0) is 37.0 Å². The van der Waals surface area contributed by atoms with Gasteiger partial charge in [-0.1, -0.05) is 25.3 Å². The van der Waals surface area contributed by atoms with Crippen LogP contribution in [0.5, 0.6) is 5.75 Å². The summed E-state index contributed by atoms with van der Waals surface area (Å²) < 4.78 is 7.25. The third kappa shape index (κ3) is 4.92. The van der Waals surface area contributed by atoms with Crippen LogP contribution in [-0.4, -0.2) is 22.1 Å². The Morgan fingerprint density at radius 2 is 2.04 bits per heavy atom. The van der Waals surface area contributed by atoms with E-state index >= 15 is 0 Å². The number of nitrogens with one attached hydrogen (secondary N) is 1. The van der Waals surface area contributed by atoms with Gasteiger partial charge in [-0.2, -0.15) is 0 Å². The lowest BCUT2D eigenvalue weighted by Crippen LogP contribution is -2.27. The molecule has 0 aromatic carbocycles. The number of nitrogens with zero attached hydrogens (tertiary/aromatic N) is 2. The zero-order valence-electron chi connectivity index (χ0n) is 14.2. The summed E-state index contributed by atoms with van der Waals surface area (Å²) in [5.41, 5.74) is -0.215. The highest BCUT2D eigenvalue weighted by atomic mass is 16.5. The Morgan fingerprint density at radius 3 is 2.84 bits per heavy atom. The van der Waals surface area contributed by atoms with Crippen LogP contribution in [0.3, 0.4) is 0 Å². The van der Waals surface area contributed by atoms with Crippen molar-refractivity contribution in [3.63, 3.8) is 0 Å². The van der Waals surface area contributed by atoms with Gasteiger partial charge in [0.2, 0.25) is 5.91 Å². The van der Waals surface area contributed by atoms with Gasteiger partial charge in [0.15, 0.2) is 11.6 Å². The van der Waals surface area contributed by atoms with E-state index in [1.54, 1.807) is 36.7 Å². The molecule has 3 rings (SSSR count). The average Bonchev–Trinajstić information content (AvgIpc) is 2.64. The van der Waals surface area contributed by atoms with Crippen molar-refractivity contribution in [1.29, 1.82) is 0 Å². The minimum absolute atomic E-state index is 0.0572. The van der Waals surface area contributed by atoms with E-state index in [0.29, 0.717) is 24.1 Å². The van der Waals surface area contributed by atoms with E-state index in [0.717, 1.165) is 0 Å². The van der Waals surface area contributed by atoms with Crippen molar-refractivity contribution in [2.45, 2.75) is 38.6 Å². The lowest BCUT2D eigenvalue weighted by Gasteiger charge is -2.22. The number of hydrogen-bond acceptors (Lipinski definition) is 4. The topological polar surface area (TPSA) is 73.2 Å². The summed E-state index contributed by atoms with van der Waals surface area (Å²) in [6.07, 6.45) is 9.41. The SMILES string of the molecule is O=C(Cn1ccccc1=O)Nc1ncccc1OCC1CCCCC1. The predicted molar refractivity (Wildman–Crippen MR) is 95.6 cm³/mol. The molecular formula is C19H23N3O3. The number of aromatic nitrogens is 2. The fraction of sp³-hybridized carbons (Fsp3) is 0.421. The van der Waals surface area contributed by atoms with Gasteiger partial charge >= 0.3 is 0 Å². The first-order valence-electron chi connectivity index (χ1n) is 8.75. The van der Waals surface area contributed by atoms with Crippen LogP contribution in [0.25, 0.3) is 0 Å². The van der Waals surface area contributed by atoms with Crippen molar-refractivity contribution in [2.75, 3.05) is 11.9 Å². The van der Waals surface area contributed by atoms with Crippen LogP contribution in [0.4, 0.5) is 5.82 Å². The van der Waals surface area contributed by atoms with Crippen molar-refractivity contribution < 1.29 is 9.53 Å². The predicted octanol–water partition coefficient (Wildman–Crippen LogP) is 2.84. The molecule has 0 unspecified atom stereocenters. The quantitative estimate of drug-likeness (QED) is 0.877. The van der Waals surface area contributed by atoms with Gasteiger partial charge in [-0.3, -0.25) is 9.59 Å². The van der Waals surface area contributed by atoms with E-state index in [9.17, 15) is 9.59 Å². The molecule has 2 heterocycles. The Balaban J connectivity index is 1.61. The molecule has 1 fully saturated rings. The third-order valence-electron chi connectivity index (χ3n) is 4.44. The highest BCUT2D eigenvalue weighted by Gasteiger charge is 2.16. The van der Waals surface area contributed by atoms with Crippen LogP contribution in [-0.2, 0) is 11.3 Å². The molecule has 0 radical (unpaired) electrons. The van der Waals surface area contributed by atoms with Crippen molar-refractivity contribution in [1.82, 2.24) is 9.55 Å². The summed E-state index contributed by atoms with van der Waals surface area (Å²) in [6, 6.07) is 8.38. The first kappa shape index (κ1) is 17.2. The molecular weight excluding hydrogens is 318 g/mol. The van der Waals surface area contributed by atoms with Gasteiger partial charge in [-0.25, -0.2) is 4.98 Å². The van der Waals surface area contributed by atoms with E-state index < -0.39 is 0 Å². The fourth-order valence-corrected chi connectivity index (χ4v) is 3.08. The second kappa shape index (κ2) is 8.46. The maximum atomic E-state index is 12.2. The second-order valence-corrected chi connectivity index (χ2v) is 6.38. The van der Waals surface area contributed by atoms with Crippen molar-refractivity contribution in [3.05, 3.63) is 53.1 Å². The number of hydrogen-bond donors (Lipinski definition) is 1. The van der Waals surface area contributed by atoms with Gasteiger partial charge in [0, 0.05) is 18.5 Å². The van der Waals surface area contributed by atoms with Crippen molar-refractivity contribution >= 4 is 11.7 Å². The number of anilines is 1. The van der Waals surface area contributed by atoms with Crippen molar-refractivity contribution in [2.24, 2.45) is 5.92 Å². The average molecular weight is 341 g/mol. The van der Waals surface area contributed by atoms with E-state index in [1.807, 2.05) is 0 Å². The Bertz CT molecular complexity index is 766. The number of carbonyl (C=O) groups excluding carboxylic acids is 1. The third-order valence-corrected chi connectivity index (χ3v) is 4.44. The number of amides is 1. The molecule has 1 saturated carbocycles. The fourth-order valence-electron chi connectivity index (χ4n) is 3.08. The first-order valence-corrected chi connectivity index (χ1v) is 8.75. The molecule has 1 N–H and O–H groups in total. The smallest absolute Gasteiger partial charge is 0.250 e. The van der Waals surface area contributed by atoms with E-state index in [2.05, 4.69) is 10.3 Å². The molecule has 1 aliphatic carbocycles. The monoisotopic (exact) mass is 341 g/mol.